The monoisotopic (exact) mass is 339 g/mol. The standard InChI is InChI=1S/C20H25N3O2/c1-15-9-18(25-22-15)10-19(24)23-12-17-11-21-13-20(17,14-23)8-7-16-5-3-2-4-6-16/h2-6,9,17,21H,7-8,10-14H2,1H3. The summed E-state index contributed by atoms with van der Waals surface area (Å²) in [6, 6.07) is 12.5. The average Bonchev–Trinajstić information content (AvgIpc) is 3.28. The molecule has 2 saturated heterocycles. The maximum absolute atomic E-state index is 12.7. The number of hydrogen-bond acceptors (Lipinski definition) is 4. The third kappa shape index (κ3) is 3.33. The molecule has 1 N–H and O–H groups in total. The summed E-state index contributed by atoms with van der Waals surface area (Å²) in [6.45, 7) is 5.61. The van der Waals surface area contributed by atoms with Crippen LogP contribution >= 0.6 is 0 Å². The Morgan fingerprint density at radius 1 is 1.40 bits per heavy atom. The fourth-order valence-electron chi connectivity index (χ4n) is 4.37. The summed E-state index contributed by atoms with van der Waals surface area (Å²) in [7, 11) is 0. The number of fused-ring (bicyclic) bond motifs is 1. The lowest BCUT2D eigenvalue weighted by molar-refractivity contribution is -0.130. The number of hydrogen-bond donors (Lipinski definition) is 1. The first kappa shape index (κ1) is 16.3. The van der Waals surface area contributed by atoms with Crippen LogP contribution in [0.25, 0.3) is 0 Å². The van der Waals surface area contributed by atoms with Gasteiger partial charge in [0.1, 0.15) is 5.76 Å². The van der Waals surface area contributed by atoms with Crippen LogP contribution in [-0.2, 0) is 17.6 Å². The molecule has 0 bridgehead atoms. The molecule has 3 heterocycles. The van der Waals surface area contributed by atoms with Gasteiger partial charge >= 0.3 is 0 Å². The summed E-state index contributed by atoms with van der Waals surface area (Å²) in [5, 5.41) is 7.42. The van der Waals surface area contributed by atoms with Crippen LogP contribution in [0.4, 0.5) is 0 Å². The number of aryl methyl sites for hydroxylation is 2. The molecule has 2 atom stereocenters. The van der Waals surface area contributed by atoms with Crippen molar-refractivity contribution in [3.05, 3.63) is 53.4 Å². The van der Waals surface area contributed by atoms with Gasteiger partial charge in [0.25, 0.3) is 0 Å². The van der Waals surface area contributed by atoms with Crippen LogP contribution in [0.2, 0.25) is 0 Å². The number of nitrogens with zero attached hydrogens (tertiary/aromatic N) is 2. The van der Waals surface area contributed by atoms with E-state index in [2.05, 4.69) is 40.8 Å². The maximum atomic E-state index is 12.7. The third-order valence-corrected chi connectivity index (χ3v) is 5.79. The molecule has 25 heavy (non-hydrogen) atoms. The predicted octanol–water partition coefficient (Wildman–Crippen LogP) is 2.21. The summed E-state index contributed by atoms with van der Waals surface area (Å²) in [5.74, 6) is 1.37. The zero-order valence-corrected chi connectivity index (χ0v) is 14.7. The zero-order chi connectivity index (χ0) is 17.3. The van der Waals surface area contributed by atoms with Gasteiger partial charge in [-0.15, -0.1) is 0 Å². The van der Waals surface area contributed by atoms with Gasteiger partial charge in [-0.1, -0.05) is 35.5 Å². The van der Waals surface area contributed by atoms with Gasteiger partial charge in [0.2, 0.25) is 5.91 Å². The van der Waals surface area contributed by atoms with E-state index in [0.717, 1.165) is 44.7 Å². The highest BCUT2D eigenvalue weighted by molar-refractivity contribution is 5.78. The maximum Gasteiger partial charge on any atom is 0.230 e. The van der Waals surface area contributed by atoms with Crippen LogP contribution < -0.4 is 5.32 Å². The number of rotatable bonds is 5. The molecule has 0 aliphatic carbocycles. The van der Waals surface area contributed by atoms with Crippen LogP contribution in [0.3, 0.4) is 0 Å². The molecule has 2 aromatic rings. The summed E-state index contributed by atoms with van der Waals surface area (Å²) >= 11 is 0. The Hall–Kier alpha value is -2.14. The highest BCUT2D eigenvalue weighted by Crippen LogP contribution is 2.42. The van der Waals surface area contributed by atoms with Gasteiger partial charge in [-0.25, -0.2) is 0 Å². The zero-order valence-electron chi connectivity index (χ0n) is 14.7. The summed E-state index contributed by atoms with van der Waals surface area (Å²) in [6.07, 6.45) is 2.51. The molecule has 2 aliphatic heterocycles. The van der Waals surface area contributed by atoms with Gasteiger partial charge in [0.05, 0.1) is 12.1 Å². The lowest BCUT2D eigenvalue weighted by Crippen LogP contribution is -2.36. The van der Waals surface area contributed by atoms with Crippen molar-refractivity contribution in [1.29, 1.82) is 0 Å². The topological polar surface area (TPSA) is 58.4 Å². The average molecular weight is 339 g/mol. The first-order valence-electron chi connectivity index (χ1n) is 9.09. The quantitative estimate of drug-likeness (QED) is 0.907. The van der Waals surface area contributed by atoms with Crippen molar-refractivity contribution in [2.75, 3.05) is 26.2 Å². The Balaban J connectivity index is 1.41. The van der Waals surface area contributed by atoms with Gasteiger partial charge in [-0.3, -0.25) is 4.79 Å². The van der Waals surface area contributed by atoms with Gasteiger partial charge < -0.3 is 14.7 Å². The molecule has 2 fully saturated rings. The van der Waals surface area contributed by atoms with E-state index in [1.54, 1.807) is 0 Å². The van der Waals surface area contributed by atoms with E-state index in [1.165, 1.54) is 5.56 Å². The molecule has 4 rings (SSSR count). The minimum atomic E-state index is 0.157. The lowest BCUT2D eigenvalue weighted by Gasteiger charge is -2.28. The SMILES string of the molecule is Cc1cc(CC(=O)N2CC3CNCC3(CCc3ccccc3)C2)on1. The molecule has 132 valence electrons. The van der Waals surface area contributed by atoms with Crippen molar-refractivity contribution < 1.29 is 9.32 Å². The van der Waals surface area contributed by atoms with Crippen molar-refractivity contribution in [3.8, 4) is 0 Å². The Morgan fingerprint density at radius 2 is 2.24 bits per heavy atom. The van der Waals surface area contributed by atoms with Gasteiger partial charge in [0, 0.05) is 37.7 Å². The highest BCUT2D eigenvalue weighted by atomic mass is 16.5. The van der Waals surface area contributed by atoms with Crippen LogP contribution in [-0.4, -0.2) is 42.1 Å². The van der Waals surface area contributed by atoms with E-state index in [1.807, 2.05) is 17.9 Å². The normalized spacial score (nSPS) is 25.3. The largest absolute Gasteiger partial charge is 0.361 e. The minimum Gasteiger partial charge on any atom is -0.361 e. The molecule has 1 aromatic carbocycles. The number of carbonyl (C=O) groups excluding carboxylic acids is 1. The first-order valence-corrected chi connectivity index (χ1v) is 9.09. The number of amides is 1. The fraction of sp³-hybridized carbons (Fsp3) is 0.500. The second kappa shape index (κ2) is 6.64. The lowest BCUT2D eigenvalue weighted by atomic mass is 9.76. The predicted molar refractivity (Wildman–Crippen MR) is 95.1 cm³/mol. The Morgan fingerprint density at radius 3 is 3.00 bits per heavy atom. The minimum absolute atomic E-state index is 0.157. The number of likely N-dealkylation sites (tertiary alicyclic amines) is 1. The highest BCUT2D eigenvalue weighted by Gasteiger charge is 2.50. The summed E-state index contributed by atoms with van der Waals surface area (Å²) in [4.78, 5) is 14.7. The number of carbonyl (C=O) groups is 1. The van der Waals surface area contributed by atoms with E-state index >= 15 is 0 Å². The van der Waals surface area contributed by atoms with Crippen molar-refractivity contribution in [2.24, 2.45) is 11.3 Å². The van der Waals surface area contributed by atoms with E-state index in [-0.39, 0.29) is 11.3 Å². The second-order valence-electron chi connectivity index (χ2n) is 7.56. The number of aromatic nitrogens is 1. The molecule has 0 saturated carbocycles. The van der Waals surface area contributed by atoms with Crippen molar-refractivity contribution >= 4 is 5.91 Å². The van der Waals surface area contributed by atoms with Gasteiger partial charge in [-0.05, 0) is 31.2 Å². The summed E-state index contributed by atoms with van der Waals surface area (Å²) < 4.78 is 5.21. The van der Waals surface area contributed by atoms with E-state index in [9.17, 15) is 4.79 Å². The molecule has 1 amide bonds. The van der Waals surface area contributed by atoms with Crippen molar-refractivity contribution in [1.82, 2.24) is 15.4 Å². The molecule has 1 aromatic heterocycles. The molecule has 0 radical (unpaired) electrons. The van der Waals surface area contributed by atoms with E-state index in [0.29, 0.717) is 18.1 Å². The summed E-state index contributed by atoms with van der Waals surface area (Å²) in [5.41, 5.74) is 2.41. The third-order valence-electron chi connectivity index (χ3n) is 5.79. The molecule has 5 nitrogen and oxygen atoms in total. The molecule has 2 aliphatic rings. The van der Waals surface area contributed by atoms with E-state index < -0.39 is 0 Å². The molecular weight excluding hydrogens is 314 g/mol. The van der Waals surface area contributed by atoms with E-state index in [4.69, 9.17) is 4.52 Å². The fourth-order valence-corrected chi connectivity index (χ4v) is 4.37. The van der Waals surface area contributed by atoms with Crippen LogP contribution in [0.1, 0.15) is 23.4 Å². The second-order valence-corrected chi connectivity index (χ2v) is 7.56. The molecule has 5 heteroatoms. The Labute approximate surface area is 148 Å². The smallest absolute Gasteiger partial charge is 0.230 e. The van der Waals surface area contributed by atoms with Crippen LogP contribution in [0.5, 0.6) is 0 Å². The molecule has 2 unspecified atom stereocenters. The van der Waals surface area contributed by atoms with Crippen molar-refractivity contribution in [2.45, 2.75) is 26.2 Å². The number of benzene rings is 1. The number of nitrogens with one attached hydrogen (secondary N) is 1. The van der Waals surface area contributed by atoms with Crippen molar-refractivity contribution in [3.63, 3.8) is 0 Å². The van der Waals surface area contributed by atoms with Gasteiger partial charge in [0.15, 0.2) is 0 Å². The Bertz CT molecular complexity index is 742. The van der Waals surface area contributed by atoms with Crippen LogP contribution in [0, 0.1) is 18.3 Å². The Kier molecular flexibility index (Phi) is 4.34. The van der Waals surface area contributed by atoms with Gasteiger partial charge in [-0.2, -0.15) is 0 Å². The van der Waals surface area contributed by atoms with Crippen LogP contribution in [0.15, 0.2) is 40.9 Å². The molecule has 0 spiro atoms. The molecular formula is C20H25N3O2. The first-order chi connectivity index (χ1) is 12.1.